The fourth-order valence-electron chi connectivity index (χ4n) is 1.59. The molecule has 2 nitrogen and oxygen atoms in total. The quantitative estimate of drug-likeness (QED) is 0.654. The molecule has 0 saturated carbocycles. The van der Waals surface area contributed by atoms with Crippen LogP contribution in [0.2, 0.25) is 0 Å². The summed E-state index contributed by atoms with van der Waals surface area (Å²) >= 11 is 0. The van der Waals surface area contributed by atoms with E-state index in [9.17, 15) is 4.39 Å². The summed E-state index contributed by atoms with van der Waals surface area (Å²) in [6.45, 7) is 11.6. The summed E-state index contributed by atoms with van der Waals surface area (Å²) in [7, 11) is 0. The van der Waals surface area contributed by atoms with Gasteiger partial charge >= 0.3 is 0 Å². The monoisotopic (exact) mass is 270 g/mol. The zero-order valence-corrected chi connectivity index (χ0v) is 12.9. The van der Waals surface area contributed by atoms with Crippen LogP contribution in [0.1, 0.15) is 59.7 Å². The molecule has 0 radical (unpaired) electrons. The summed E-state index contributed by atoms with van der Waals surface area (Å²) in [6.07, 6.45) is -0.575. The van der Waals surface area contributed by atoms with Crippen LogP contribution in [-0.2, 0) is 4.74 Å². The minimum absolute atomic E-state index is 0.125. The van der Waals surface area contributed by atoms with Crippen molar-refractivity contribution in [2.45, 2.75) is 66.5 Å². The first kappa shape index (κ1) is 17.9. The molecule has 0 heterocycles. The number of rotatable bonds is 6. The van der Waals surface area contributed by atoms with Crippen molar-refractivity contribution in [3.05, 3.63) is 29.8 Å². The second-order valence-electron chi connectivity index (χ2n) is 4.32. The minimum Gasteiger partial charge on any atom is -0.465 e. The molecule has 0 N–H and O–H groups in total. The predicted octanol–water partition coefficient (Wildman–Crippen LogP) is 5.28. The molecule has 0 aromatic heterocycles. The Morgan fingerprint density at radius 2 is 1.58 bits per heavy atom. The molecule has 0 saturated heterocycles. The highest BCUT2D eigenvalue weighted by Gasteiger charge is 2.09. The molecule has 0 amide bonds. The van der Waals surface area contributed by atoms with Gasteiger partial charge in [-0.05, 0) is 44.9 Å². The van der Waals surface area contributed by atoms with Gasteiger partial charge in [0.1, 0.15) is 11.9 Å². The number of alkyl halides is 1. The zero-order chi connectivity index (χ0) is 14.8. The molecule has 1 aromatic carbocycles. The Morgan fingerprint density at radius 3 is 2.00 bits per heavy atom. The second-order valence-corrected chi connectivity index (χ2v) is 4.32. The summed E-state index contributed by atoms with van der Waals surface area (Å²) in [6, 6.07) is 7.06. The van der Waals surface area contributed by atoms with Gasteiger partial charge in [0.15, 0.2) is 6.29 Å². The first-order valence-electron chi connectivity index (χ1n) is 7.09. The van der Waals surface area contributed by atoms with E-state index in [1.54, 1.807) is 24.3 Å². The number of hydrogen-bond acceptors (Lipinski definition) is 2. The van der Waals surface area contributed by atoms with Crippen LogP contribution in [0.4, 0.5) is 4.39 Å². The lowest BCUT2D eigenvalue weighted by Crippen LogP contribution is -2.20. The highest BCUT2D eigenvalue weighted by Crippen LogP contribution is 2.23. The van der Waals surface area contributed by atoms with E-state index in [0.29, 0.717) is 17.7 Å². The summed E-state index contributed by atoms with van der Waals surface area (Å²) in [5, 5.41) is 0. The van der Waals surface area contributed by atoms with Gasteiger partial charge in [0.2, 0.25) is 0 Å². The third kappa shape index (κ3) is 7.16. The third-order valence-corrected chi connectivity index (χ3v) is 2.37. The van der Waals surface area contributed by atoms with Crippen molar-refractivity contribution in [1.29, 1.82) is 0 Å². The molecule has 0 bridgehead atoms. The normalized spacial score (nSPS) is 13.5. The zero-order valence-electron chi connectivity index (χ0n) is 12.9. The standard InChI is InChI=1S/C14H21FO2.C2H6/c1-5-14(15)12-6-8-13(9-7-12)17-11(4)16-10(2)3;1-2/h6-11,14H,5H2,1-4H3;1-2H3. The fraction of sp³-hybridized carbons (Fsp3) is 0.625. The maximum absolute atomic E-state index is 13.4. The number of benzene rings is 1. The lowest BCUT2D eigenvalue weighted by Gasteiger charge is -2.18. The van der Waals surface area contributed by atoms with Crippen LogP contribution in [0.5, 0.6) is 5.75 Å². The molecule has 1 aromatic rings. The van der Waals surface area contributed by atoms with E-state index in [2.05, 4.69) is 0 Å². The highest BCUT2D eigenvalue weighted by molar-refractivity contribution is 5.28. The molecule has 0 fully saturated rings. The molecular formula is C16H27FO2. The fourth-order valence-corrected chi connectivity index (χ4v) is 1.59. The smallest absolute Gasteiger partial charge is 0.197 e. The molecule has 0 aliphatic heterocycles. The Balaban J connectivity index is 0.00000154. The van der Waals surface area contributed by atoms with Gasteiger partial charge in [-0.15, -0.1) is 0 Å². The Hall–Kier alpha value is -1.09. The molecule has 0 spiro atoms. The molecule has 19 heavy (non-hydrogen) atoms. The van der Waals surface area contributed by atoms with Crippen molar-refractivity contribution in [3.8, 4) is 5.75 Å². The minimum atomic E-state index is -0.895. The van der Waals surface area contributed by atoms with E-state index in [0.717, 1.165) is 0 Å². The van der Waals surface area contributed by atoms with Crippen LogP contribution >= 0.6 is 0 Å². The van der Waals surface area contributed by atoms with Gasteiger partial charge in [0, 0.05) is 0 Å². The van der Waals surface area contributed by atoms with Crippen molar-refractivity contribution in [1.82, 2.24) is 0 Å². The van der Waals surface area contributed by atoms with Crippen LogP contribution in [-0.4, -0.2) is 12.4 Å². The van der Waals surface area contributed by atoms with E-state index < -0.39 is 6.17 Å². The largest absolute Gasteiger partial charge is 0.465 e. The van der Waals surface area contributed by atoms with Gasteiger partial charge in [0.05, 0.1) is 6.10 Å². The van der Waals surface area contributed by atoms with Gasteiger partial charge in [-0.2, -0.15) is 0 Å². The van der Waals surface area contributed by atoms with E-state index in [1.807, 2.05) is 41.5 Å². The van der Waals surface area contributed by atoms with Crippen molar-refractivity contribution < 1.29 is 13.9 Å². The summed E-state index contributed by atoms with van der Waals surface area (Å²) in [5.74, 6) is 0.699. The van der Waals surface area contributed by atoms with E-state index in [1.165, 1.54) is 0 Å². The van der Waals surface area contributed by atoms with Crippen LogP contribution in [0.15, 0.2) is 24.3 Å². The average Bonchev–Trinajstić information content (AvgIpc) is 2.40. The number of ether oxygens (including phenoxy) is 2. The maximum atomic E-state index is 13.4. The SMILES string of the molecule is CC.CCC(F)c1ccc(OC(C)OC(C)C)cc1. The Labute approximate surface area is 116 Å². The Morgan fingerprint density at radius 1 is 1.05 bits per heavy atom. The first-order chi connectivity index (χ1) is 9.02. The van der Waals surface area contributed by atoms with Crippen molar-refractivity contribution >= 4 is 0 Å². The van der Waals surface area contributed by atoms with Crippen LogP contribution < -0.4 is 4.74 Å². The van der Waals surface area contributed by atoms with Crippen molar-refractivity contribution in [2.24, 2.45) is 0 Å². The van der Waals surface area contributed by atoms with Crippen molar-refractivity contribution in [3.63, 3.8) is 0 Å². The van der Waals surface area contributed by atoms with Gasteiger partial charge in [-0.25, -0.2) is 4.39 Å². The van der Waals surface area contributed by atoms with E-state index in [-0.39, 0.29) is 12.4 Å². The molecule has 3 heteroatoms. The highest BCUT2D eigenvalue weighted by atomic mass is 19.1. The molecule has 0 aliphatic rings. The van der Waals surface area contributed by atoms with Gasteiger partial charge < -0.3 is 9.47 Å². The van der Waals surface area contributed by atoms with Gasteiger partial charge in [0.25, 0.3) is 0 Å². The van der Waals surface area contributed by atoms with E-state index in [4.69, 9.17) is 9.47 Å². The molecule has 2 atom stereocenters. The maximum Gasteiger partial charge on any atom is 0.197 e. The molecule has 1 rings (SSSR count). The lowest BCUT2D eigenvalue weighted by molar-refractivity contribution is -0.0950. The van der Waals surface area contributed by atoms with Gasteiger partial charge in [-0.3, -0.25) is 0 Å². The number of hydrogen-bond donors (Lipinski definition) is 0. The first-order valence-corrected chi connectivity index (χ1v) is 7.09. The predicted molar refractivity (Wildman–Crippen MR) is 78.2 cm³/mol. The lowest BCUT2D eigenvalue weighted by atomic mass is 10.1. The average molecular weight is 270 g/mol. The molecular weight excluding hydrogens is 243 g/mol. The van der Waals surface area contributed by atoms with Crippen molar-refractivity contribution in [2.75, 3.05) is 0 Å². The van der Waals surface area contributed by atoms with Crippen LogP contribution in [0, 0.1) is 0 Å². The number of halogens is 1. The van der Waals surface area contributed by atoms with Crippen LogP contribution in [0.25, 0.3) is 0 Å². The van der Waals surface area contributed by atoms with E-state index >= 15 is 0 Å². The summed E-state index contributed by atoms with van der Waals surface area (Å²) in [4.78, 5) is 0. The molecule has 110 valence electrons. The molecule has 2 unspecified atom stereocenters. The Kier molecular flexibility index (Phi) is 9.23. The topological polar surface area (TPSA) is 18.5 Å². The Bertz CT molecular complexity index is 322. The summed E-state index contributed by atoms with van der Waals surface area (Å²) < 4.78 is 24.4. The third-order valence-electron chi connectivity index (χ3n) is 2.37. The van der Waals surface area contributed by atoms with Crippen LogP contribution in [0.3, 0.4) is 0 Å². The second kappa shape index (κ2) is 9.79. The summed E-state index contributed by atoms with van der Waals surface area (Å²) in [5.41, 5.74) is 0.692. The molecule has 0 aliphatic carbocycles. The van der Waals surface area contributed by atoms with Gasteiger partial charge in [-0.1, -0.05) is 32.9 Å².